The van der Waals surface area contributed by atoms with E-state index in [1.165, 1.54) is 0 Å². The molecule has 2 aromatic rings. The number of carbonyl (C=O) groups is 1. The van der Waals surface area contributed by atoms with Crippen molar-refractivity contribution in [1.29, 1.82) is 0 Å². The van der Waals surface area contributed by atoms with E-state index in [1.54, 1.807) is 0 Å². The van der Waals surface area contributed by atoms with E-state index in [4.69, 9.17) is 21.4 Å². The van der Waals surface area contributed by atoms with Crippen LogP contribution in [0.15, 0.2) is 48.5 Å². The number of carboxylic acids is 1. The number of halogens is 1. The quantitative estimate of drug-likeness (QED) is 0.731. The van der Waals surface area contributed by atoms with Crippen molar-refractivity contribution in [2.75, 3.05) is 6.54 Å². The van der Waals surface area contributed by atoms with Crippen molar-refractivity contribution in [2.45, 2.75) is 19.6 Å². The van der Waals surface area contributed by atoms with Crippen LogP contribution in [0.25, 0.3) is 0 Å². The lowest BCUT2D eigenvalue weighted by Gasteiger charge is -2.09. The first-order valence-electron chi connectivity index (χ1n) is 7.02. The molecule has 0 radical (unpaired) electrons. The first-order chi connectivity index (χ1) is 10.6. The predicted molar refractivity (Wildman–Crippen MR) is 86.2 cm³/mol. The fourth-order valence-electron chi connectivity index (χ4n) is 1.92. The van der Waals surface area contributed by atoms with Crippen LogP contribution in [-0.2, 0) is 17.9 Å². The van der Waals surface area contributed by atoms with Crippen LogP contribution in [0, 0.1) is 0 Å². The molecule has 0 fully saturated rings. The third-order valence-corrected chi connectivity index (χ3v) is 3.31. The number of aliphatic carboxylic acids is 1. The predicted octanol–water partition coefficient (Wildman–Crippen LogP) is 3.48. The Labute approximate surface area is 134 Å². The minimum absolute atomic E-state index is 0.118. The van der Waals surface area contributed by atoms with Crippen molar-refractivity contribution in [3.05, 3.63) is 64.7 Å². The molecule has 2 rings (SSSR count). The van der Waals surface area contributed by atoms with E-state index >= 15 is 0 Å². The van der Waals surface area contributed by atoms with Crippen LogP contribution in [0.2, 0.25) is 5.02 Å². The Morgan fingerprint density at radius 1 is 1.14 bits per heavy atom. The van der Waals surface area contributed by atoms with Crippen LogP contribution in [0.5, 0.6) is 5.75 Å². The highest BCUT2D eigenvalue weighted by Crippen LogP contribution is 2.16. The molecule has 0 heterocycles. The molecule has 0 bridgehead atoms. The fourth-order valence-corrected chi connectivity index (χ4v) is 2.05. The minimum Gasteiger partial charge on any atom is -0.489 e. The molecule has 4 nitrogen and oxygen atoms in total. The van der Waals surface area contributed by atoms with Gasteiger partial charge >= 0.3 is 5.97 Å². The number of carboxylic acid groups (broad SMARTS) is 1. The van der Waals surface area contributed by atoms with E-state index in [-0.39, 0.29) is 6.42 Å². The molecule has 0 spiro atoms. The Morgan fingerprint density at radius 2 is 1.91 bits per heavy atom. The highest BCUT2D eigenvalue weighted by Gasteiger charge is 2.00. The van der Waals surface area contributed by atoms with Crippen molar-refractivity contribution in [1.82, 2.24) is 5.32 Å². The number of hydrogen-bond acceptors (Lipinski definition) is 3. The monoisotopic (exact) mass is 319 g/mol. The third-order valence-electron chi connectivity index (χ3n) is 3.06. The zero-order chi connectivity index (χ0) is 15.8. The van der Waals surface area contributed by atoms with E-state index < -0.39 is 5.97 Å². The topological polar surface area (TPSA) is 58.6 Å². The molecule has 2 aromatic carbocycles. The third kappa shape index (κ3) is 5.76. The first kappa shape index (κ1) is 16.3. The maximum absolute atomic E-state index is 10.4. The van der Waals surface area contributed by atoms with Gasteiger partial charge in [0, 0.05) is 18.1 Å². The number of nitrogens with one attached hydrogen (secondary N) is 1. The van der Waals surface area contributed by atoms with Gasteiger partial charge in [-0.15, -0.1) is 0 Å². The summed E-state index contributed by atoms with van der Waals surface area (Å²) in [4.78, 5) is 10.4. The summed E-state index contributed by atoms with van der Waals surface area (Å²) < 4.78 is 5.75. The number of hydrogen-bond donors (Lipinski definition) is 2. The number of benzene rings is 2. The Morgan fingerprint density at radius 3 is 2.64 bits per heavy atom. The standard InChI is InChI=1S/C17H18ClNO3/c18-15-6-4-13(5-7-15)12-22-16-3-1-2-14(10-16)11-19-9-8-17(20)21/h1-7,10,19H,8-9,11-12H2,(H,20,21). The molecule has 0 unspecified atom stereocenters. The lowest BCUT2D eigenvalue weighted by atomic mass is 10.2. The summed E-state index contributed by atoms with van der Waals surface area (Å²) >= 11 is 5.85. The molecule has 5 heteroatoms. The molecule has 0 aliphatic carbocycles. The Kier molecular flexibility index (Phi) is 6.25. The lowest BCUT2D eigenvalue weighted by molar-refractivity contribution is -0.136. The van der Waals surface area contributed by atoms with Crippen molar-refractivity contribution in [2.24, 2.45) is 0 Å². The van der Waals surface area contributed by atoms with Crippen molar-refractivity contribution < 1.29 is 14.6 Å². The molecular weight excluding hydrogens is 302 g/mol. The smallest absolute Gasteiger partial charge is 0.304 e. The van der Waals surface area contributed by atoms with Gasteiger partial charge in [0.25, 0.3) is 0 Å². The minimum atomic E-state index is -0.799. The molecule has 0 aliphatic rings. The Balaban J connectivity index is 1.83. The molecule has 2 N–H and O–H groups in total. The number of ether oxygens (including phenoxy) is 1. The molecule has 0 saturated carbocycles. The molecule has 0 atom stereocenters. The van der Waals surface area contributed by atoms with E-state index in [0.717, 1.165) is 16.9 Å². The maximum atomic E-state index is 10.4. The summed E-state index contributed by atoms with van der Waals surface area (Å²) in [5, 5.41) is 12.4. The summed E-state index contributed by atoms with van der Waals surface area (Å²) in [6.45, 7) is 1.55. The van der Waals surface area contributed by atoms with Gasteiger partial charge in [-0.1, -0.05) is 35.9 Å². The van der Waals surface area contributed by atoms with Crippen LogP contribution >= 0.6 is 11.6 Å². The summed E-state index contributed by atoms with van der Waals surface area (Å²) in [5.74, 6) is -0.0139. The van der Waals surface area contributed by atoms with Crippen molar-refractivity contribution in [3.63, 3.8) is 0 Å². The summed E-state index contributed by atoms with van der Waals surface area (Å²) in [6.07, 6.45) is 0.118. The fraction of sp³-hybridized carbons (Fsp3) is 0.235. The maximum Gasteiger partial charge on any atom is 0.304 e. The zero-order valence-corrected chi connectivity index (χ0v) is 12.8. The van der Waals surface area contributed by atoms with E-state index in [1.807, 2.05) is 48.5 Å². The summed E-state index contributed by atoms with van der Waals surface area (Å²) in [5.41, 5.74) is 2.10. The second-order valence-electron chi connectivity index (χ2n) is 4.88. The highest BCUT2D eigenvalue weighted by atomic mass is 35.5. The van der Waals surface area contributed by atoms with Gasteiger partial charge in [-0.05, 0) is 35.4 Å². The van der Waals surface area contributed by atoms with Gasteiger partial charge < -0.3 is 15.2 Å². The molecule has 0 saturated heterocycles. The van der Waals surface area contributed by atoms with Gasteiger partial charge in [0.1, 0.15) is 12.4 Å². The largest absolute Gasteiger partial charge is 0.489 e. The van der Waals surface area contributed by atoms with E-state index in [2.05, 4.69) is 5.32 Å². The van der Waals surface area contributed by atoms with Crippen LogP contribution < -0.4 is 10.1 Å². The first-order valence-corrected chi connectivity index (χ1v) is 7.40. The van der Waals surface area contributed by atoms with Gasteiger partial charge in [0.15, 0.2) is 0 Å². The van der Waals surface area contributed by atoms with Gasteiger partial charge in [0.05, 0.1) is 6.42 Å². The normalized spacial score (nSPS) is 10.4. The average molecular weight is 320 g/mol. The van der Waals surface area contributed by atoms with Crippen LogP contribution in [0.1, 0.15) is 17.5 Å². The summed E-state index contributed by atoms with van der Waals surface area (Å²) in [7, 11) is 0. The molecular formula is C17H18ClNO3. The zero-order valence-electron chi connectivity index (χ0n) is 12.1. The van der Waals surface area contributed by atoms with Gasteiger partial charge in [-0.2, -0.15) is 0 Å². The van der Waals surface area contributed by atoms with Crippen molar-refractivity contribution in [3.8, 4) is 5.75 Å². The molecule has 0 amide bonds. The van der Waals surface area contributed by atoms with Gasteiger partial charge in [-0.3, -0.25) is 4.79 Å². The average Bonchev–Trinajstić information content (AvgIpc) is 2.51. The SMILES string of the molecule is O=C(O)CCNCc1cccc(OCc2ccc(Cl)cc2)c1. The summed E-state index contributed by atoms with van der Waals surface area (Å²) in [6, 6.07) is 15.3. The number of rotatable bonds is 8. The van der Waals surface area contributed by atoms with Crippen LogP contribution in [0.4, 0.5) is 0 Å². The Bertz CT molecular complexity index is 614. The van der Waals surface area contributed by atoms with Crippen molar-refractivity contribution >= 4 is 17.6 Å². The van der Waals surface area contributed by atoms with Gasteiger partial charge in [0.2, 0.25) is 0 Å². The molecule has 22 heavy (non-hydrogen) atoms. The van der Waals surface area contributed by atoms with E-state index in [0.29, 0.717) is 24.7 Å². The van der Waals surface area contributed by atoms with Crippen LogP contribution in [-0.4, -0.2) is 17.6 Å². The molecule has 0 aliphatic heterocycles. The van der Waals surface area contributed by atoms with Crippen LogP contribution in [0.3, 0.4) is 0 Å². The Hall–Kier alpha value is -2.04. The second kappa shape index (κ2) is 8.41. The lowest BCUT2D eigenvalue weighted by Crippen LogP contribution is -2.17. The second-order valence-corrected chi connectivity index (χ2v) is 5.32. The van der Waals surface area contributed by atoms with E-state index in [9.17, 15) is 4.79 Å². The van der Waals surface area contributed by atoms with Gasteiger partial charge in [-0.25, -0.2) is 0 Å². The molecule has 116 valence electrons. The highest BCUT2D eigenvalue weighted by molar-refractivity contribution is 6.30. The molecule has 0 aromatic heterocycles.